The van der Waals surface area contributed by atoms with Gasteiger partial charge in [0.1, 0.15) is 0 Å². The van der Waals surface area contributed by atoms with Crippen molar-refractivity contribution in [2.45, 2.75) is 18.7 Å². The maximum absolute atomic E-state index is 12.9. The van der Waals surface area contributed by atoms with Crippen molar-refractivity contribution in [2.24, 2.45) is 11.8 Å². The monoisotopic (exact) mass is 460 g/mol. The molecular weight excluding hydrogens is 433 g/mol. The lowest BCUT2D eigenvalue weighted by molar-refractivity contribution is -0.192. The van der Waals surface area contributed by atoms with Gasteiger partial charge in [-0.2, -0.15) is 13.2 Å². The van der Waals surface area contributed by atoms with Crippen molar-refractivity contribution < 1.29 is 42.1 Å². The maximum Gasteiger partial charge on any atom is 0.490 e. The van der Waals surface area contributed by atoms with Crippen molar-refractivity contribution in [2.75, 3.05) is 53.6 Å². The summed E-state index contributed by atoms with van der Waals surface area (Å²) in [6.45, 7) is 4.55. The number of alkyl halides is 3. The average Bonchev–Trinajstić information content (AvgIpc) is 3.20. The number of halogens is 3. The molecule has 2 fully saturated rings. The molecule has 0 spiro atoms. The third kappa shape index (κ3) is 5.83. The summed E-state index contributed by atoms with van der Waals surface area (Å²) < 4.78 is 49.0. The van der Waals surface area contributed by atoms with Gasteiger partial charge in [-0.3, -0.25) is 4.79 Å². The van der Waals surface area contributed by atoms with Gasteiger partial charge in [0.25, 0.3) is 5.91 Å². The van der Waals surface area contributed by atoms with Gasteiger partial charge in [0.2, 0.25) is 0 Å². The fourth-order valence-electron chi connectivity index (χ4n) is 4.10. The normalized spacial score (nSPS) is 24.4. The van der Waals surface area contributed by atoms with E-state index in [-0.39, 0.29) is 12.0 Å². The number of nitrogens with zero attached hydrogens (tertiary/aromatic N) is 2. The van der Waals surface area contributed by atoms with E-state index in [2.05, 4.69) is 19.0 Å². The molecule has 1 aromatic carbocycles. The Morgan fingerprint density at radius 3 is 2.44 bits per heavy atom. The Morgan fingerprint density at radius 1 is 1.16 bits per heavy atom. The number of amides is 1. The Bertz CT molecular complexity index is 832. The molecule has 0 aromatic heterocycles. The molecule has 0 radical (unpaired) electrons. The van der Waals surface area contributed by atoms with E-state index in [0.29, 0.717) is 42.9 Å². The number of carbonyl (C=O) groups is 2. The largest absolute Gasteiger partial charge is 0.490 e. The van der Waals surface area contributed by atoms with Gasteiger partial charge in [-0.1, -0.05) is 0 Å². The Balaban J connectivity index is 0.000000360. The van der Waals surface area contributed by atoms with Crippen molar-refractivity contribution >= 4 is 11.9 Å². The van der Waals surface area contributed by atoms with Crippen molar-refractivity contribution in [1.29, 1.82) is 0 Å². The summed E-state index contributed by atoms with van der Waals surface area (Å²) in [4.78, 5) is 26.0. The summed E-state index contributed by atoms with van der Waals surface area (Å²) in [7, 11) is 4.17. The fourth-order valence-corrected chi connectivity index (χ4v) is 4.10. The summed E-state index contributed by atoms with van der Waals surface area (Å²) in [5.74, 6) is -0.371. The van der Waals surface area contributed by atoms with Crippen LogP contribution in [0.3, 0.4) is 0 Å². The Kier molecular flexibility index (Phi) is 7.50. The lowest BCUT2D eigenvalue weighted by atomic mass is 9.93. The first-order valence-corrected chi connectivity index (χ1v) is 10.3. The van der Waals surface area contributed by atoms with Crippen molar-refractivity contribution in [3.05, 3.63) is 23.8 Å². The van der Waals surface area contributed by atoms with Crippen LogP contribution in [0.25, 0.3) is 0 Å². The van der Waals surface area contributed by atoms with Crippen LogP contribution in [0.1, 0.15) is 16.8 Å². The molecule has 8 nitrogen and oxygen atoms in total. The van der Waals surface area contributed by atoms with Gasteiger partial charge in [0.15, 0.2) is 11.5 Å². The topological polar surface area (TPSA) is 88.5 Å². The van der Waals surface area contributed by atoms with Crippen LogP contribution in [-0.4, -0.2) is 92.6 Å². The van der Waals surface area contributed by atoms with E-state index in [1.54, 1.807) is 0 Å². The molecule has 178 valence electrons. The number of carbonyl (C=O) groups excluding carboxylic acids is 1. The van der Waals surface area contributed by atoms with E-state index in [9.17, 15) is 18.0 Å². The number of hydrogen-bond acceptors (Lipinski definition) is 6. The van der Waals surface area contributed by atoms with E-state index in [1.165, 1.54) is 0 Å². The number of rotatable bonds is 3. The first-order chi connectivity index (χ1) is 15.1. The van der Waals surface area contributed by atoms with Crippen LogP contribution in [0.2, 0.25) is 0 Å². The fraction of sp³-hybridized carbons (Fsp3) is 0.619. The number of carboxylic acids is 1. The molecule has 4 rings (SSSR count). The van der Waals surface area contributed by atoms with Crippen LogP contribution in [-0.2, 0) is 9.53 Å². The van der Waals surface area contributed by atoms with E-state index in [4.69, 9.17) is 24.1 Å². The number of likely N-dealkylation sites (tertiary alicyclic amines) is 1. The van der Waals surface area contributed by atoms with Gasteiger partial charge in [-0.25, -0.2) is 4.79 Å². The number of benzene rings is 1. The second-order valence-corrected chi connectivity index (χ2v) is 8.28. The van der Waals surface area contributed by atoms with Crippen LogP contribution in [0.15, 0.2) is 18.2 Å². The van der Waals surface area contributed by atoms with Crippen LogP contribution in [0.4, 0.5) is 13.2 Å². The quantitative estimate of drug-likeness (QED) is 0.739. The third-order valence-corrected chi connectivity index (χ3v) is 5.56. The Morgan fingerprint density at radius 2 is 1.81 bits per heavy atom. The van der Waals surface area contributed by atoms with Gasteiger partial charge in [-0.15, -0.1) is 0 Å². The molecular formula is C21H27F3N2O6. The third-order valence-electron chi connectivity index (χ3n) is 5.56. The summed E-state index contributed by atoms with van der Waals surface area (Å²) in [5, 5.41) is 7.12. The number of hydrogen-bond donors (Lipinski definition) is 1. The highest BCUT2D eigenvalue weighted by molar-refractivity contribution is 5.95. The molecule has 1 aromatic rings. The summed E-state index contributed by atoms with van der Waals surface area (Å²) in [6, 6.07) is 5.49. The van der Waals surface area contributed by atoms with Gasteiger partial charge < -0.3 is 29.1 Å². The summed E-state index contributed by atoms with van der Waals surface area (Å²) >= 11 is 0. The van der Waals surface area contributed by atoms with Crippen molar-refractivity contribution in [1.82, 2.24) is 9.80 Å². The van der Waals surface area contributed by atoms with Crippen molar-refractivity contribution in [3.63, 3.8) is 0 Å². The number of carboxylic acid groups (broad SMARTS) is 1. The smallest absolute Gasteiger partial charge is 0.490 e. The minimum absolute atomic E-state index is 0.0530. The molecule has 3 aliphatic rings. The van der Waals surface area contributed by atoms with Crippen LogP contribution in [0.5, 0.6) is 11.5 Å². The molecule has 3 atom stereocenters. The van der Waals surface area contributed by atoms with Gasteiger partial charge in [0, 0.05) is 43.5 Å². The molecule has 32 heavy (non-hydrogen) atoms. The second-order valence-electron chi connectivity index (χ2n) is 8.28. The van der Waals surface area contributed by atoms with Gasteiger partial charge >= 0.3 is 12.1 Å². The zero-order chi connectivity index (χ0) is 23.5. The van der Waals surface area contributed by atoms with E-state index >= 15 is 0 Å². The first kappa shape index (κ1) is 24.1. The molecule has 0 bridgehead atoms. The summed E-state index contributed by atoms with van der Waals surface area (Å²) in [6.07, 6.45) is -4.05. The average molecular weight is 460 g/mol. The second kappa shape index (κ2) is 9.95. The molecule has 11 heteroatoms. The minimum Gasteiger partial charge on any atom is -0.490 e. The highest BCUT2D eigenvalue weighted by Gasteiger charge is 2.45. The zero-order valence-corrected chi connectivity index (χ0v) is 17.9. The lowest BCUT2D eigenvalue weighted by Crippen LogP contribution is -2.33. The molecule has 3 heterocycles. The van der Waals surface area contributed by atoms with E-state index < -0.39 is 12.1 Å². The number of fused-ring (bicyclic) bond motifs is 2. The molecule has 0 unspecified atom stereocenters. The standard InChI is InChI=1S/C19H26N2O4.C2HF3O2/c1-20(2)9-14-12-25-18-11-21(10-15(14)18)19(22)13-4-5-16-17(8-13)24-7-3-6-23-16;3-2(4,5)1(6)7/h4-5,8,14-15,18H,3,6-7,9-12H2,1-2H3;(H,6,7)/t14-,15-,18-;/m1./s1. The molecule has 0 saturated carbocycles. The van der Waals surface area contributed by atoms with Crippen LogP contribution in [0, 0.1) is 11.8 Å². The molecule has 3 aliphatic heterocycles. The Hall–Kier alpha value is -2.53. The number of ether oxygens (including phenoxy) is 3. The molecule has 1 N–H and O–H groups in total. The van der Waals surface area contributed by atoms with Gasteiger partial charge in [-0.05, 0) is 32.3 Å². The van der Waals surface area contributed by atoms with Crippen molar-refractivity contribution in [3.8, 4) is 11.5 Å². The first-order valence-electron chi connectivity index (χ1n) is 10.3. The van der Waals surface area contributed by atoms with Crippen LogP contribution < -0.4 is 9.47 Å². The van der Waals surface area contributed by atoms with E-state index in [0.717, 1.165) is 31.9 Å². The highest BCUT2D eigenvalue weighted by Crippen LogP contribution is 2.36. The van der Waals surface area contributed by atoms with E-state index in [1.807, 2.05) is 23.1 Å². The Labute approximate surface area is 183 Å². The summed E-state index contributed by atoms with van der Waals surface area (Å²) in [5.41, 5.74) is 0.661. The number of aliphatic carboxylic acids is 1. The maximum atomic E-state index is 12.9. The lowest BCUT2D eigenvalue weighted by Gasteiger charge is -2.22. The predicted octanol–water partition coefficient (Wildman–Crippen LogP) is 2.13. The SMILES string of the molecule is CN(C)C[C@@H]1CO[C@@H]2CN(C(=O)c3ccc4c(c3)OCCCO4)C[C@H]12.O=C(O)C(F)(F)F. The highest BCUT2D eigenvalue weighted by atomic mass is 19.4. The minimum atomic E-state index is -5.08. The van der Waals surface area contributed by atoms with Gasteiger partial charge in [0.05, 0.1) is 25.9 Å². The predicted molar refractivity (Wildman–Crippen MR) is 107 cm³/mol. The molecule has 1 amide bonds. The molecule has 2 saturated heterocycles. The van der Waals surface area contributed by atoms with Crippen LogP contribution >= 0.6 is 0 Å². The zero-order valence-electron chi connectivity index (χ0n) is 17.9. The molecule has 0 aliphatic carbocycles.